The van der Waals surface area contributed by atoms with Crippen molar-refractivity contribution in [1.29, 1.82) is 0 Å². The van der Waals surface area contributed by atoms with Crippen molar-refractivity contribution in [1.82, 2.24) is 16.0 Å². The van der Waals surface area contributed by atoms with Crippen LogP contribution < -0.4 is 16.0 Å². The molecule has 0 aromatic rings. The summed E-state index contributed by atoms with van der Waals surface area (Å²) in [4.78, 5) is 69.2. The first-order valence-corrected chi connectivity index (χ1v) is 9.57. The molecule has 4 N–H and O–H groups in total. The molecule has 1 heterocycles. The molecule has 14 nitrogen and oxygen atoms in total. The minimum Gasteiger partial charge on any atom is -0.481 e. The van der Waals surface area contributed by atoms with Crippen LogP contribution in [-0.2, 0) is 42.9 Å². The number of nitrogens with one attached hydrogen (secondary N) is 3. The second-order valence-electron chi connectivity index (χ2n) is 6.82. The number of amides is 3. The Labute approximate surface area is 183 Å². The van der Waals surface area contributed by atoms with Crippen molar-refractivity contribution >= 4 is 35.8 Å². The van der Waals surface area contributed by atoms with Gasteiger partial charge in [0, 0.05) is 34.2 Å². The lowest BCUT2D eigenvalue weighted by atomic mass is 9.95. The van der Waals surface area contributed by atoms with Gasteiger partial charge in [-0.15, -0.1) is 0 Å². The molecule has 3 amide bonds. The number of aliphatic carboxylic acids is 1. The lowest BCUT2D eigenvalue weighted by Crippen LogP contribution is -2.70. The smallest absolute Gasteiger partial charge is 0.316 e. The number of carboxylic acid groups (broad SMARTS) is 1. The third-order valence-electron chi connectivity index (χ3n) is 4.01. The second-order valence-corrected chi connectivity index (χ2v) is 6.82. The molecule has 0 aromatic carbocycles. The Bertz CT molecular complexity index is 742. The highest BCUT2D eigenvalue weighted by molar-refractivity contribution is 5.76. The summed E-state index contributed by atoms with van der Waals surface area (Å²) in [6.07, 6.45) is -5.46. The standard InChI is InChI=1S/C18H27N3O11/c1-8(22)20-14-16(31-11(4)25)15(30-10(3)24)12(7-29-9(2)23)32-17(14)21-18(28)19-6-5-13(26)27/h12,14-17H,5-7H2,1-4H3,(H,20,22)(H,26,27)(H2,19,21,28). The number of esters is 3. The Morgan fingerprint density at radius 3 is 1.97 bits per heavy atom. The van der Waals surface area contributed by atoms with Crippen LogP contribution >= 0.6 is 0 Å². The summed E-state index contributed by atoms with van der Waals surface area (Å²) < 4.78 is 21.2. The molecule has 1 saturated heterocycles. The number of rotatable bonds is 9. The highest BCUT2D eigenvalue weighted by atomic mass is 16.6. The van der Waals surface area contributed by atoms with E-state index >= 15 is 0 Å². The number of carboxylic acids is 1. The summed E-state index contributed by atoms with van der Waals surface area (Å²) in [7, 11) is 0. The molecule has 180 valence electrons. The molecular formula is C18H27N3O11. The maximum atomic E-state index is 12.2. The van der Waals surface area contributed by atoms with Gasteiger partial charge in [-0.1, -0.05) is 0 Å². The van der Waals surface area contributed by atoms with Crippen molar-refractivity contribution < 1.29 is 52.8 Å². The minimum atomic E-state index is -1.33. The largest absolute Gasteiger partial charge is 0.481 e. The first-order valence-electron chi connectivity index (χ1n) is 9.57. The summed E-state index contributed by atoms with van der Waals surface area (Å²) in [6, 6.07) is -2.05. The molecule has 0 radical (unpaired) electrons. The van der Waals surface area contributed by atoms with E-state index < -0.39 is 73.0 Å². The summed E-state index contributed by atoms with van der Waals surface area (Å²) in [5.41, 5.74) is 0. The number of hydrogen-bond donors (Lipinski definition) is 4. The Hall–Kier alpha value is -3.42. The van der Waals surface area contributed by atoms with Gasteiger partial charge in [0.2, 0.25) is 5.91 Å². The lowest BCUT2D eigenvalue weighted by molar-refractivity contribution is -0.226. The summed E-state index contributed by atoms with van der Waals surface area (Å²) in [5, 5.41) is 15.8. The van der Waals surface area contributed by atoms with Gasteiger partial charge in [-0.25, -0.2) is 4.79 Å². The maximum Gasteiger partial charge on any atom is 0.316 e. The number of carbonyl (C=O) groups is 6. The van der Waals surface area contributed by atoms with Gasteiger partial charge in [-0.3, -0.25) is 24.0 Å². The molecule has 5 atom stereocenters. The van der Waals surface area contributed by atoms with Crippen LogP contribution in [0.4, 0.5) is 4.79 Å². The summed E-state index contributed by atoms with van der Waals surface area (Å²) in [5.74, 6) is -3.91. The van der Waals surface area contributed by atoms with Crippen LogP contribution in [0.1, 0.15) is 34.1 Å². The molecule has 0 aromatic heterocycles. The van der Waals surface area contributed by atoms with Crippen LogP contribution in [0.3, 0.4) is 0 Å². The second kappa shape index (κ2) is 12.4. The van der Waals surface area contributed by atoms with Gasteiger partial charge in [-0.05, 0) is 0 Å². The fourth-order valence-electron chi connectivity index (χ4n) is 2.92. The van der Waals surface area contributed by atoms with Crippen LogP contribution in [0.2, 0.25) is 0 Å². The Morgan fingerprint density at radius 1 is 0.875 bits per heavy atom. The SMILES string of the molecule is CC(=O)NC1C(NC(=O)NCCC(=O)O)OC(COC(C)=O)C(OC(C)=O)C1OC(C)=O. The fraction of sp³-hybridized carbons (Fsp3) is 0.667. The van der Waals surface area contributed by atoms with E-state index in [9.17, 15) is 28.8 Å². The first-order chi connectivity index (χ1) is 14.9. The summed E-state index contributed by atoms with van der Waals surface area (Å²) >= 11 is 0. The molecule has 1 aliphatic rings. The molecule has 0 bridgehead atoms. The van der Waals surface area contributed by atoms with Crippen molar-refractivity contribution in [3.05, 3.63) is 0 Å². The molecule has 0 spiro atoms. The average Bonchev–Trinajstić information content (AvgIpc) is 2.63. The Kier molecular flexibility index (Phi) is 10.3. The molecule has 1 aliphatic heterocycles. The van der Waals surface area contributed by atoms with Crippen LogP contribution in [0.5, 0.6) is 0 Å². The van der Waals surface area contributed by atoms with E-state index in [1.807, 2.05) is 0 Å². The zero-order valence-electron chi connectivity index (χ0n) is 18.0. The molecule has 1 rings (SSSR count). The van der Waals surface area contributed by atoms with E-state index in [0.717, 1.165) is 20.8 Å². The first kappa shape index (κ1) is 26.6. The number of hydrogen-bond acceptors (Lipinski definition) is 10. The van der Waals surface area contributed by atoms with Crippen LogP contribution in [-0.4, -0.2) is 84.7 Å². The lowest BCUT2D eigenvalue weighted by Gasteiger charge is -2.45. The van der Waals surface area contributed by atoms with Gasteiger partial charge in [0.1, 0.15) is 18.8 Å². The zero-order chi connectivity index (χ0) is 24.4. The van der Waals surface area contributed by atoms with E-state index in [1.165, 1.54) is 6.92 Å². The molecule has 0 saturated carbocycles. The van der Waals surface area contributed by atoms with Gasteiger partial charge in [0.05, 0.1) is 6.42 Å². The topological polar surface area (TPSA) is 196 Å². The van der Waals surface area contributed by atoms with Gasteiger partial charge in [0.15, 0.2) is 18.4 Å². The normalized spacial score (nSPS) is 24.4. The predicted molar refractivity (Wildman–Crippen MR) is 103 cm³/mol. The Morgan fingerprint density at radius 2 is 1.47 bits per heavy atom. The Balaban J connectivity index is 3.21. The van der Waals surface area contributed by atoms with Crippen LogP contribution in [0.25, 0.3) is 0 Å². The maximum absolute atomic E-state index is 12.2. The fourth-order valence-corrected chi connectivity index (χ4v) is 2.92. The quantitative estimate of drug-likeness (QED) is 0.228. The average molecular weight is 461 g/mol. The van der Waals surface area contributed by atoms with Gasteiger partial charge in [0.25, 0.3) is 0 Å². The number of ether oxygens (including phenoxy) is 4. The molecule has 1 fully saturated rings. The molecule has 14 heteroatoms. The van der Waals surface area contributed by atoms with Crippen molar-refractivity contribution in [2.24, 2.45) is 0 Å². The van der Waals surface area contributed by atoms with Gasteiger partial charge in [-0.2, -0.15) is 0 Å². The van der Waals surface area contributed by atoms with Crippen molar-refractivity contribution in [2.45, 2.75) is 64.7 Å². The van der Waals surface area contributed by atoms with Crippen LogP contribution in [0, 0.1) is 0 Å². The highest BCUT2D eigenvalue weighted by Crippen LogP contribution is 2.26. The molecular weight excluding hydrogens is 434 g/mol. The van der Waals surface area contributed by atoms with Crippen LogP contribution in [0.15, 0.2) is 0 Å². The molecule has 0 aliphatic carbocycles. The zero-order valence-corrected chi connectivity index (χ0v) is 18.0. The van der Waals surface area contributed by atoms with Gasteiger partial charge >= 0.3 is 29.9 Å². The summed E-state index contributed by atoms with van der Waals surface area (Å²) in [6.45, 7) is 3.88. The van der Waals surface area contributed by atoms with E-state index in [0.29, 0.717) is 0 Å². The van der Waals surface area contributed by atoms with Gasteiger partial charge < -0.3 is 40.0 Å². The third-order valence-corrected chi connectivity index (χ3v) is 4.01. The van der Waals surface area contributed by atoms with E-state index in [1.54, 1.807) is 0 Å². The number of carbonyl (C=O) groups excluding carboxylic acids is 5. The highest BCUT2D eigenvalue weighted by Gasteiger charge is 2.51. The van der Waals surface area contributed by atoms with Crippen molar-refractivity contribution in [3.8, 4) is 0 Å². The van der Waals surface area contributed by atoms with E-state index in [-0.39, 0.29) is 13.0 Å². The van der Waals surface area contributed by atoms with Crippen molar-refractivity contribution in [3.63, 3.8) is 0 Å². The molecule has 32 heavy (non-hydrogen) atoms. The van der Waals surface area contributed by atoms with Crippen molar-refractivity contribution in [2.75, 3.05) is 13.2 Å². The van der Waals surface area contributed by atoms with E-state index in [2.05, 4.69) is 16.0 Å². The third kappa shape index (κ3) is 9.16. The molecule has 5 unspecified atom stereocenters. The van der Waals surface area contributed by atoms with E-state index in [4.69, 9.17) is 24.1 Å². The monoisotopic (exact) mass is 461 g/mol. The predicted octanol–water partition coefficient (Wildman–Crippen LogP) is -1.58. The minimum absolute atomic E-state index is 0.195. The number of urea groups is 1.